The van der Waals surface area contributed by atoms with E-state index in [9.17, 15) is 14.7 Å². The SMILES string of the molecule is CC(C)(C)OC(=O)N1C[C@@H](O)[C@H](NC(=O)Nc2ccsc2)C1. The molecule has 3 N–H and O–H groups in total. The molecule has 0 unspecified atom stereocenters. The van der Waals surface area contributed by atoms with Crippen molar-refractivity contribution in [1.82, 2.24) is 10.2 Å². The fourth-order valence-electron chi connectivity index (χ4n) is 2.08. The predicted molar refractivity (Wildman–Crippen MR) is 84.1 cm³/mol. The molecule has 1 fully saturated rings. The molecule has 2 atom stereocenters. The van der Waals surface area contributed by atoms with Crippen LogP contribution in [0.4, 0.5) is 15.3 Å². The normalized spacial score (nSPS) is 21.5. The van der Waals surface area contributed by atoms with Crippen molar-refractivity contribution >= 4 is 29.1 Å². The van der Waals surface area contributed by atoms with Crippen LogP contribution in [0.25, 0.3) is 0 Å². The number of urea groups is 1. The molecule has 0 bridgehead atoms. The smallest absolute Gasteiger partial charge is 0.410 e. The number of likely N-dealkylation sites (tertiary alicyclic amines) is 1. The van der Waals surface area contributed by atoms with Crippen molar-refractivity contribution in [2.75, 3.05) is 18.4 Å². The molecule has 0 aromatic carbocycles. The van der Waals surface area contributed by atoms with Gasteiger partial charge in [0.05, 0.1) is 24.4 Å². The second-order valence-electron chi connectivity index (χ2n) is 6.17. The monoisotopic (exact) mass is 327 g/mol. The van der Waals surface area contributed by atoms with Gasteiger partial charge < -0.3 is 25.4 Å². The van der Waals surface area contributed by atoms with Crippen LogP contribution in [0.2, 0.25) is 0 Å². The third-order valence-electron chi connectivity index (χ3n) is 3.04. The minimum absolute atomic E-state index is 0.137. The van der Waals surface area contributed by atoms with E-state index in [1.54, 1.807) is 32.2 Å². The van der Waals surface area contributed by atoms with Crippen LogP contribution in [0, 0.1) is 0 Å². The number of anilines is 1. The molecule has 1 saturated heterocycles. The minimum atomic E-state index is -0.819. The first-order chi connectivity index (χ1) is 10.2. The van der Waals surface area contributed by atoms with Crippen LogP contribution < -0.4 is 10.6 Å². The molecule has 0 saturated carbocycles. The van der Waals surface area contributed by atoms with Crippen molar-refractivity contribution in [3.05, 3.63) is 16.8 Å². The number of ether oxygens (including phenoxy) is 1. The van der Waals surface area contributed by atoms with Gasteiger partial charge in [-0.15, -0.1) is 0 Å². The van der Waals surface area contributed by atoms with E-state index in [0.717, 1.165) is 0 Å². The summed E-state index contributed by atoms with van der Waals surface area (Å²) in [5.41, 5.74) is 0.100. The van der Waals surface area contributed by atoms with Gasteiger partial charge in [-0.2, -0.15) is 11.3 Å². The summed E-state index contributed by atoms with van der Waals surface area (Å²) in [6, 6.07) is 0.849. The van der Waals surface area contributed by atoms with Gasteiger partial charge in [0.15, 0.2) is 0 Å². The summed E-state index contributed by atoms with van der Waals surface area (Å²) in [6.45, 7) is 5.69. The maximum Gasteiger partial charge on any atom is 0.410 e. The number of hydrogen-bond donors (Lipinski definition) is 3. The molecule has 8 heteroatoms. The fourth-order valence-corrected chi connectivity index (χ4v) is 2.66. The van der Waals surface area contributed by atoms with Crippen LogP contribution in [0.5, 0.6) is 0 Å². The summed E-state index contributed by atoms with van der Waals surface area (Å²) in [4.78, 5) is 25.2. The Balaban J connectivity index is 1.85. The largest absolute Gasteiger partial charge is 0.444 e. The van der Waals surface area contributed by atoms with Gasteiger partial charge >= 0.3 is 12.1 Å². The van der Waals surface area contributed by atoms with E-state index in [1.807, 2.05) is 5.38 Å². The lowest BCUT2D eigenvalue weighted by Crippen LogP contribution is -2.45. The van der Waals surface area contributed by atoms with Crippen LogP contribution in [-0.2, 0) is 4.74 Å². The molecule has 1 aliphatic rings. The summed E-state index contributed by atoms with van der Waals surface area (Å²) in [7, 11) is 0. The van der Waals surface area contributed by atoms with Gasteiger partial charge in [-0.05, 0) is 32.2 Å². The lowest BCUT2D eigenvalue weighted by atomic mass is 10.2. The Kier molecular flexibility index (Phi) is 4.92. The fraction of sp³-hybridized carbons (Fsp3) is 0.571. The van der Waals surface area contributed by atoms with Crippen molar-refractivity contribution in [3.8, 4) is 0 Å². The zero-order valence-corrected chi connectivity index (χ0v) is 13.6. The molecule has 1 aromatic rings. The zero-order chi connectivity index (χ0) is 16.3. The summed E-state index contributed by atoms with van der Waals surface area (Å²) in [5.74, 6) is 0. The van der Waals surface area contributed by atoms with E-state index in [1.165, 1.54) is 16.2 Å². The van der Waals surface area contributed by atoms with E-state index in [-0.39, 0.29) is 13.1 Å². The molecule has 0 spiro atoms. The number of aliphatic hydroxyl groups excluding tert-OH is 1. The number of thiophene rings is 1. The van der Waals surface area contributed by atoms with Crippen molar-refractivity contribution in [2.45, 2.75) is 38.5 Å². The number of hydrogen-bond acceptors (Lipinski definition) is 5. The second-order valence-corrected chi connectivity index (χ2v) is 6.95. The standard InChI is InChI=1S/C14H21N3O4S/c1-14(2,3)21-13(20)17-6-10(11(18)7-17)16-12(19)15-9-4-5-22-8-9/h4-5,8,10-11,18H,6-7H2,1-3H3,(H2,15,16,19)/t10-,11-/m1/s1. The van der Waals surface area contributed by atoms with Crippen LogP contribution in [0.15, 0.2) is 16.8 Å². The number of β-amino-alcohol motifs (C(OH)–C–C–N with tert-alkyl or cyclic N) is 1. The quantitative estimate of drug-likeness (QED) is 0.773. The molecule has 7 nitrogen and oxygen atoms in total. The highest BCUT2D eigenvalue weighted by molar-refractivity contribution is 7.08. The summed E-state index contributed by atoms with van der Waals surface area (Å²) in [5, 5.41) is 19.0. The third kappa shape index (κ3) is 4.60. The van der Waals surface area contributed by atoms with Gasteiger partial charge in [0.2, 0.25) is 0 Å². The predicted octanol–water partition coefficient (Wildman–Crippen LogP) is 1.85. The average molecular weight is 327 g/mol. The van der Waals surface area contributed by atoms with Crippen molar-refractivity contribution < 1.29 is 19.4 Å². The van der Waals surface area contributed by atoms with E-state index >= 15 is 0 Å². The number of aliphatic hydroxyl groups is 1. The maximum absolute atomic E-state index is 12.0. The minimum Gasteiger partial charge on any atom is -0.444 e. The molecule has 3 amide bonds. The van der Waals surface area contributed by atoms with Gasteiger partial charge in [0.25, 0.3) is 0 Å². The van der Waals surface area contributed by atoms with E-state index < -0.39 is 29.9 Å². The molecule has 2 heterocycles. The van der Waals surface area contributed by atoms with Crippen molar-refractivity contribution in [2.24, 2.45) is 0 Å². The first-order valence-corrected chi connectivity index (χ1v) is 7.94. The molecule has 1 aromatic heterocycles. The second kappa shape index (κ2) is 6.53. The number of carbonyl (C=O) groups is 2. The van der Waals surface area contributed by atoms with Crippen LogP contribution in [0.1, 0.15) is 20.8 Å². The number of nitrogens with one attached hydrogen (secondary N) is 2. The Morgan fingerprint density at radius 3 is 2.73 bits per heavy atom. The van der Waals surface area contributed by atoms with Crippen LogP contribution in [0.3, 0.4) is 0 Å². The summed E-state index contributed by atoms with van der Waals surface area (Å²) >= 11 is 1.47. The Hall–Kier alpha value is -1.80. The maximum atomic E-state index is 12.0. The van der Waals surface area contributed by atoms with Crippen LogP contribution in [-0.4, -0.2) is 53.0 Å². The topological polar surface area (TPSA) is 90.9 Å². The van der Waals surface area contributed by atoms with Gasteiger partial charge in [0.1, 0.15) is 5.60 Å². The van der Waals surface area contributed by atoms with Crippen molar-refractivity contribution in [3.63, 3.8) is 0 Å². The van der Waals surface area contributed by atoms with Gasteiger partial charge in [-0.3, -0.25) is 0 Å². The van der Waals surface area contributed by atoms with Crippen molar-refractivity contribution in [1.29, 1.82) is 0 Å². The summed E-state index contributed by atoms with van der Waals surface area (Å²) < 4.78 is 5.26. The Bertz CT molecular complexity index is 527. The van der Waals surface area contributed by atoms with Crippen LogP contribution >= 0.6 is 11.3 Å². The molecule has 22 heavy (non-hydrogen) atoms. The van der Waals surface area contributed by atoms with E-state index in [0.29, 0.717) is 5.69 Å². The van der Waals surface area contributed by atoms with Gasteiger partial charge in [-0.25, -0.2) is 9.59 Å². The number of nitrogens with zero attached hydrogens (tertiary/aromatic N) is 1. The molecule has 0 radical (unpaired) electrons. The zero-order valence-electron chi connectivity index (χ0n) is 12.8. The average Bonchev–Trinajstić information content (AvgIpc) is 2.98. The Morgan fingerprint density at radius 1 is 1.41 bits per heavy atom. The molecule has 122 valence electrons. The molecule has 2 rings (SSSR count). The third-order valence-corrected chi connectivity index (χ3v) is 3.72. The van der Waals surface area contributed by atoms with Gasteiger partial charge in [-0.1, -0.05) is 0 Å². The molecule has 1 aliphatic heterocycles. The summed E-state index contributed by atoms with van der Waals surface area (Å²) in [6.07, 6.45) is -1.31. The highest BCUT2D eigenvalue weighted by atomic mass is 32.1. The number of carbonyl (C=O) groups excluding carboxylic acids is 2. The first kappa shape index (κ1) is 16.6. The first-order valence-electron chi connectivity index (χ1n) is 7.00. The van der Waals surface area contributed by atoms with E-state index in [4.69, 9.17) is 4.74 Å². The Labute approximate surface area is 133 Å². The highest BCUT2D eigenvalue weighted by Gasteiger charge is 2.36. The number of rotatable bonds is 2. The Morgan fingerprint density at radius 2 is 2.14 bits per heavy atom. The molecular weight excluding hydrogens is 306 g/mol. The molecule has 0 aliphatic carbocycles. The highest BCUT2D eigenvalue weighted by Crippen LogP contribution is 2.16. The lowest BCUT2D eigenvalue weighted by molar-refractivity contribution is 0.0270. The number of amides is 3. The molecular formula is C14H21N3O4S. The van der Waals surface area contributed by atoms with E-state index in [2.05, 4.69) is 10.6 Å². The van der Waals surface area contributed by atoms with Gasteiger partial charge in [0, 0.05) is 11.9 Å². The lowest BCUT2D eigenvalue weighted by Gasteiger charge is -2.24.